The van der Waals surface area contributed by atoms with Gasteiger partial charge in [-0.05, 0) is 49.9 Å². The minimum absolute atomic E-state index is 0.124. The minimum atomic E-state index is 0.124. The van der Waals surface area contributed by atoms with E-state index < -0.39 is 0 Å². The van der Waals surface area contributed by atoms with Crippen molar-refractivity contribution in [1.82, 2.24) is 0 Å². The van der Waals surface area contributed by atoms with E-state index in [2.05, 4.69) is 37.9 Å². The molecule has 0 unspecified atom stereocenters. The summed E-state index contributed by atoms with van der Waals surface area (Å²) in [5, 5.41) is 9.42. The van der Waals surface area contributed by atoms with Gasteiger partial charge in [0.1, 0.15) is 5.75 Å². The van der Waals surface area contributed by atoms with Crippen molar-refractivity contribution in [3.8, 4) is 5.75 Å². The van der Waals surface area contributed by atoms with Crippen molar-refractivity contribution in [1.29, 1.82) is 0 Å². The number of aliphatic hydroxyl groups excluding tert-OH is 1. The molecule has 1 aromatic rings. The molecular weight excluding hydrogens is 226 g/mol. The van der Waals surface area contributed by atoms with Crippen molar-refractivity contribution in [2.45, 2.75) is 26.7 Å². The van der Waals surface area contributed by atoms with Gasteiger partial charge in [-0.25, -0.2) is 0 Å². The molecule has 1 fully saturated rings. The Hall–Kier alpha value is -1.22. The number of methoxy groups -OCH3 is 1. The number of benzene rings is 1. The van der Waals surface area contributed by atoms with Crippen LogP contribution >= 0.6 is 0 Å². The highest BCUT2D eigenvalue weighted by Gasteiger charge is 2.43. The predicted octanol–water partition coefficient (Wildman–Crippen LogP) is 2.52. The summed E-state index contributed by atoms with van der Waals surface area (Å²) in [6.07, 6.45) is 2.25. The SMILES string of the molecule is COc1cc(C)c(C)cc1N(C)CC1(CO)CC1. The molecular formula is C15H23NO2. The average molecular weight is 249 g/mol. The van der Waals surface area contributed by atoms with Gasteiger partial charge in [0.25, 0.3) is 0 Å². The van der Waals surface area contributed by atoms with Gasteiger partial charge in [-0.15, -0.1) is 0 Å². The van der Waals surface area contributed by atoms with Crippen LogP contribution in [0.1, 0.15) is 24.0 Å². The van der Waals surface area contributed by atoms with E-state index in [9.17, 15) is 5.11 Å². The number of rotatable bonds is 5. The molecule has 100 valence electrons. The molecule has 3 nitrogen and oxygen atoms in total. The topological polar surface area (TPSA) is 32.7 Å². The van der Waals surface area contributed by atoms with Gasteiger partial charge < -0.3 is 14.7 Å². The first-order chi connectivity index (χ1) is 8.51. The van der Waals surface area contributed by atoms with Crippen LogP contribution in [-0.4, -0.2) is 32.4 Å². The van der Waals surface area contributed by atoms with Crippen LogP contribution in [0.3, 0.4) is 0 Å². The second-order valence-electron chi connectivity index (χ2n) is 5.62. The van der Waals surface area contributed by atoms with Crippen LogP contribution < -0.4 is 9.64 Å². The van der Waals surface area contributed by atoms with Crippen LogP contribution in [0.5, 0.6) is 5.75 Å². The monoisotopic (exact) mass is 249 g/mol. The number of anilines is 1. The second-order valence-corrected chi connectivity index (χ2v) is 5.62. The number of hydrogen-bond acceptors (Lipinski definition) is 3. The van der Waals surface area contributed by atoms with E-state index >= 15 is 0 Å². The van der Waals surface area contributed by atoms with Gasteiger partial charge in [-0.1, -0.05) is 0 Å². The van der Waals surface area contributed by atoms with Crippen LogP contribution in [0.2, 0.25) is 0 Å². The molecule has 0 bridgehead atoms. The van der Waals surface area contributed by atoms with E-state index in [-0.39, 0.29) is 12.0 Å². The first-order valence-electron chi connectivity index (χ1n) is 6.48. The number of aryl methyl sites for hydroxylation is 2. The van der Waals surface area contributed by atoms with Crippen molar-refractivity contribution < 1.29 is 9.84 Å². The lowest BCUT2D eigenvalue weighted by Gasteiger charge is -2.26. The molecule has 0 saturated heterocycles. The van der Waals surface area contributed by atoms with Gasteiger partial charge in [-0.3, -0.25) is 0 Å². The lowest BCUT2D eigenvalue weighted by molar-refractivity contribution is 0.215. The summed E-state index contributed by atoms with van der Waals surface area (Å²) in [5.74, 6) is 0.911. The van der Waals surface area contributed by atoms with Crippen molar-refractivity contribution in [2.24, 2.45) is 5.41 Å². The molecule has 1 aliphatic rings. The summed E-state index contributed by atoms with van der Waals surface area (Å²) in [6, 6.07) is 4.25. The summed E-state index contributed by atoms with van der Waals surface area (Å²) < 4.78 is 5.47. The van der Waals surface area contributed by atoms with E-state index in [0.717, 1.165) is 30.8 Å². The predicted molar refractivity (Wildman–Crippen MR) is 74.5 cm³/mol. The molecule has 0 aliphatic heterocycles. The van der Waals surface area contributed by atoms with Crippen LogP contribution in [0.25, 0.3) is 0 Å². The zero-order valence-corrected chi connectivity index (χ0v) is 11.8. The third-order valence-corrected chi connectivity index (χ3v) is 4.07. The lowest BCUT2D eigenvalue weighted by Crippen LogP contribution is -2.29. The van der Waals surface area contributed by atoms with Crippen molar-refractivity contribution >= 4 is 5.69 Å². The Labute approximate surface area is 109 Å². The highest BCUT2D eigenvalue weighted by atomic mass is 16.5. The molecule has 0 radical (unpaired) electrons. The van der Waals surface area contributed by atoms with Gasteiger partial charge in [0.15, 0.2) is 0 Å². The summed E-state index contributed by atoms with van der Waals surface area (Å²) >= 11 is 0. The van der Waals surface area contributed by atoms with Crippen molar-refractivity contribution in [3.63, 3.8) is 0 Å². The van der Waals surface area contributed by atoms with Gasteiger partial charge in [0, 0.05) is 19.0 Å². The third-order valence-electron chi connectivity index (χ3n) is 4.07. The highest BCUT2D eigenvalue weighted by Crippen LogP contribution is 2.46. The zero-order chi connectivity index (χ0) is 13.3. The summed E-state index contributed by atoms with van der Waals surface area (Å²) in [5.41, 5.74) is 3.75. The van der Waals surface area contributed by atoms with E-state index in [4.69, 9.17) is 4.74 Å². The Morgan fingerprint density at radius 1 is 1.28 bits per heavy atom. The zero-order valence-electron chi connectivity index (χ0n) is 11.8. The number of nitrogens with zero attached hydrogens (tertiary/aromatic N) is 1. The molecule has 0 aromatic heterocycles. The Kier molecular flexibility index (Phi) is 3.53. The Morgan fingerprint density at radius 3 is 2.39 bits per heavy atom. The van der Waals surface area contributed by atoms with E-state index in [1.165, 1.54) is 11.1 Å². The maximum atomic E-state index is 9.42. The molecule has 1 saturated carbocycles. The molecule has 18 heavy (non-hydrogen) atoms. The third kappa shape index (κ3) is 2.46. The lowest BCUT2D eigenvalue weighted by atomic mass is 10.1. The van der Waals surface area contributed by atoms with Gasteiger partial charge in [0.2, 0.25) is 0 Å². The highest BCUT2D eigenvalue weighted by molar-refractivity contribution is 5.61. The fourth-order valence-electron chi connectivity index (χ4n) is 2.37. The largest absolute Gasteiger partial charge is 0.495 e. The standard InChI is InChI=1S/C15H23NO2/c1-11-7-13(14(18-4)8-12(11)2)16(3)9-15(10-17)5-6-15/h7-8,17H,5-6,9-10H2,1-4H3. The second kappa shape index (κ2) is 4.81. The van der Waals surface area contributed by atoms with E-state index in [1.54, 1.807) is 7.11 Å². The molecule has 0 spiro atoms. The molecule has 2 rings (SSSR count). The fourth-order valence-corrected chi connectivity index (χ4v) is 2.37. The van der Waals surface area contributed by atoms with Crippen LogP contribution in [-0.2, 0) is 0 Å². The maximum Gasteiger partial charge on any atom is 0.142 e. The molecule has 3 heteroatoms. The van der Waals surface area contributed by atoms with E-state index in [0.29, 0.717) is 0 Å². The normalized spacial score (nSPS) is 16.5. The van der Waals surface area contributed by atoms with Crippen LogP contribution in [0.15, 0.2) is 12.1 Å². The first-order valence-corrected chi connectivity index (χ1v) is 6.48. The van der Waals surface area contributed by atoms with Gasteiger partial charge >= 0.3 is 0 Å². The fraction of sp³-hybridized carbons (Fsp3) is 0.600. The van der Waals surface area contributed by atoms with E-state index in [1.807, 2.05) is 0 Å². The minimum Gasteiger partial charge on any atom is -0.495 e. The Bertz CT molecular complexity index is 438. The number of aliphatic hydroxyl groups is 1. The summed E-state index contributed by atoms with van der Waals surface area (Å²) in [7, 11) is 3.78. The molecule has 1 aromatic carbocycles. The molecule has 1 N–H and O–H groups in total. The van der Waals surface area contributed by atoms with Crippen molar-refractivity contribution in [2.75, 3.05) is 32.2 Å². The number of ether oxygens (including phenoxy) is 1. The smallest absolute Gasteiger partial charge is 0.142 e. The van der Waals surface area contributed by atoms with Crippen LogP contribution in [0, 0.1) is 19.3 Å². The summed E-state index contributed by atoms with van der Waals surface area (Å²) in [4.78, 5) is 2.20. The Morgan fingerprint density at radius 2 is 1.89 bits per heavy atom. The first kappa shape index (κ1) is 13.2. The Balaban J connectivity index is 2.23. The molecule has 0 heterocycles. The quantitative estimate of drug-likeness (QED) is 0.870. The van der Waals surface area contributed by atoms with Crippen LogP contribution in [0.4, 0.5) is 5.69 Å². The van der Waals surface area contributed by atoms with Gasteiger partial charge in [0.05, 0.1) is 19.4 Å². The molecule has 0 atom stereocenters. The number of hydrogen-bond donors (Lipinski definition) is 1. The van der Waals surface area contributed by atoms with Crippen molar-refractivity contribution in [3.05, 3.63) is 23.3 Å². The average Bonchev–Trinajstić information content (AvgIpc) is 3.12. The summed E-state index contributed by atoms with van der Waals surface area (Å²) in [6.45, 7) is 5.38. The molecule has 1 aliphatic carbocycles. The molecule has 0 amide bonds. The van der Waals surface area contributed by atoms with Gasteiger partial charge in [-0.2, -0.15) is 0 Å². The maximum absolute atomic E-state index is 9.42.